The van der Waals surface area contributed by atoms with Crippen molar-refractivity contribution in [3.8, 4) is 17.2 Å². The van der Waals surface area contributed by atoms with E-state index in [1.54, 1.807) is 19.5 Å². The summed E-state index contributed by atoms with van der Waals surface area (Å²) in [5, 5.41) is 12.5. The standard InChI is InChI=1S/C16H19N3O5/c1-22-11-5-4-8(14(23-2)15(11)24-3)12-13-9(17-7-18-13)6-10(19-12)16(20)21/h4-5,7,10,12,19H,6H2,1-3H3,(H,17,18)(H,20,21)/t10-,12+/m0/s1. The van der Waals surface area contributed by atoms with Gasteiger partial charge in [-0.1, -0.05) is 0 Å². The quantitative estimate of drug-likeness (QED) is 0.753. The summed E-state index contributed by atoms with van der Waals surface area (Å²) >= 11 is 0. The Bertz CT molecular complexity index is 758. The lowest BCUT2D eigenvalue weighted by molar-refractivity contribution is -0.139. The van der Waals surface area contributed by atoms with Gasteiger partial charge in [-0.25, -0.2) is 4.98 Å². The molecule has 0 aliphatic carbocycles. The van der Waals surface area contributed by atoms with E-state index in [1.807, 2.05) is 6.07 Å². The van der Waals surface area contributed by atoms with E-state index in [4.69, 9.17) is 14.2 Å². The summed E-state index contributed by atoms with van der Waals surface area (Å²) < 4.78 is 16.2. The first-order chi connectivity index (χ1) is 11.6. The molecule has 0 amide bonds. The number of nitrogens with zero attached hydrogens (tertiary/aromatic N) is 1. The smallest absolute Gasteiger partial charge is 0.321 e. The van der Waals surface area contributed by atoms with Gasteiger partial charge in [0, 0.05) is 17.7 Å². The van der Waals surface area contributed by atoms with E-state index in [2.05, 4.69) is 15.3 Å². The molecule has 3 N–H and O–H groups in total. The highest BCUT2D eigenvalue weighted by Crippen LogP contribution is 2.44. The number of rotatable bonds is 5. The lowest BCUT2D eigenvalue weighted by atomic mass is 9.93. The van der Waals surface area contributed by atoms with Crippen molar-refractivity contribution in [1.29, 1.82) is 0 Å². The predicted octanol–water partition coefficient (Wildman–Crippen LogP) is 1.12. The molecule has 8 nitrogen and oxygen atoms in total. The Morgan fingerprint density at radius 2 is 1.96 bits per heavy atom. The van der Waals surface area contributed by atoms with Crippen LogP contribution in [0.1, 0.15) is 23.0 Å². The number of fused-ring (bicyclic) bond motifs is 1. The minimum atomic E-state index is -0.917. The van der Waals surface area contributed by atoms with Crippen molar-refractivity contribution in [3.63, 3.8) is 0 Å². The number of aromatic amines is 1. The molecular formula is C16H19N3O5. The van der Waals surface area contributed by atoms with E-state index < -0.39 is 18.1 Å². The summed E-state index contributed by atoms with van der Waals surface area (Å²) in [5.41, 5.74) is 2.27. The number of carboxylic acid groups (broad SMARTS) is 1. The van der Waals surface area contributed by atoms with Crippen molar-refractivity contribution in [1.82, 2.24) is 15.3 Å². The fraction of sp³-hybridized carbons (Fsp3) is 0.375. The fourth-order valence-electron chi connectivity index (χ4n) is 3.03. The van der Waals surface area contributed by atoms with Crippen molar-refractivity contribution >= 4 is 5.97 Å². The van der Waals surface area contributed by atoms with Gasteiger partial charge >= 0.3 is 5.97 Å². The number of hydrogen-bond donors (Lipinski definition) is 3. The van der Waals surface area contributed by atoms with E-state index in [0.29, 0.717) is 23.7 Å². The van der Waals surface area contributed by atoms with Crippen LogP contribution >= 0.6 is 0 Å². The van der Waals surface area contributed by atoms with Gasteiger partial charge in [-0.2, -0.15) is 0 Å². The van der Waals surface area contributed by atoms with Crippen LogP contribution in [0.3, 0.4) is 0 Å². The van der Waals surface area contributed by atoms with Gasteiger partial charge in [-0.15, -0.1) is 0 Å². The molecule has 0 unspecified atom stereocenters. The Kier molecular flexibility index (Phi) is 4.30. The third-order valence-electron chi connectivity index (χ3n) is 4.14. The van der Waals surface area contributed by atoms with Gasteiger partial charge in [0.05, 0.1) is 39.4 Å². The Balaban J connectivity index is 2.13. The molecule has 8 heteroatoms. The van der Waals surface area contributed by atoms with Gasteiger partial charge in [-0.3, -0.25) is 10.1 Å². The number of methoxy groups -OCH3 is 3. The van der Waals surface area contributed by atoms with Crippen LogP contribution in [-0.2, 0) is 11.2 Å². The molecule has 2 heterocycles. The molecule has 0 bridgehead atoms. The second kappa shape index (κ2) is 6.40. The maximum Gasteiger partial charge on any atom is 0.321 e. The molecule has 1 aromatic carbocycles. The molecule has 3 rings (SSSR count). The molecule has 0 radical (unpaired) electrons. The molecule has 0 saturated carbocycles. The van der Waals surface area contributed by atoms with Crippen LogP contribution < -0.4 is 19.5 Å². The summed E-state index contributed by atoms with van der Waals surface area (Å²) in [7, 11) is 4.60. The highest BCUT2D eigenvalue weighted by atomic mass is 16.5. The zero-order valence-corrected chi connectivity index (χ0v) is 13.6. The molecule has 24 heavy (non-hydrogen) atoms. The lowest BCUT2D eigenvalue weighted by Gasteiger charge is -2.29. The van der Waals surface area contributed by atoms with Crippen LogP contribution in [0.5, 0.6) is 17.2 Å². The predicted molar refractivity (Wildman–Crippen MR) is 84.8 cm³/mol. The molecule has 128 valence electrons. The minimum Gasteiger partial charge on any atom is -0.493 e. The first kappa shape index (κ1) is 16.1. The molecule has 0 fully saturated rings. The van der Waals surface area contributed by atoms with Crippen molar-refractivity contribution in [2.24, 2.45) is 0 Å². The number of ether oxygens (including phenoxy) is 3. The zero-order chi connectivity index (χ0) is 17.3. The van der Waals surface area contributed by atoms with Crippen LogP contribution in [0.15, 0.2) is 18.5 Å². The number of carbonyl (C=O) groups is 1. The number of nitrogens with one attached hydrogen (secondary N) is 2. The van der Waals surface area contributed by atoms with Gasteiger partial charge in [0.2, 0.25) is 5.75 Å². The molecule has 1 aliphatic heterocycles. The average molecular weight is 333 g/mol. The summed E-state index contributed by atoms with van der Waals surface area (Å²) in [6.45, 7) is 0. The van der Waals surface area contributed by atoms with Crippen LogP contribution in [0.4, 0.5) is 0 Å². The van der Waals surface area contributed by atoms with Crippen LogP contribution in [0.2, 0.25) is 0 Å². The monoisotopic (exact) mass is 333 g/mol. The van der Waals surface area contributed by atoms with E-state index in [0.717, 1.165) is 17.0 Å². The topological polar surface area (TPSA) is 106 Å². The molecule has 2 atom stereocenters. The molecule has 0 saturated heterocycles. The van der Waals surface area contributed by atoms with Gasteiger partial charge in [-0.05, 0) is 12.1 Å². The first-order valence-corrected chi connectivity index (χ1v) is 7.40. The highest BCUT2D eigenvalue weighted by Gasteiger charge is 2.35. The number of hydrogen-bond acceptors (Lipinski definition) is 6. The van der Waals surface area contributed by atoms with Gasteiger partial charge in [0.1, 0.15) is 6.04 Å². The number of H-pyrrole nitrogens is 1. The third-order valence-corrected chi connectivity index (χ3v) is 4.14. The second-order valence-corrected chi connectivity index (χ2v) is 5.38. The van der Waals surface area contributed by atoms with Gasteiger partial charge < -0.3 is 24.3 Å². The average Bonchev–Trinajstić information content (AvgIpc) is 3.07. The summed E-state index contributed by atoms with van der Waals surface area (Å²) in [4.78, 5) is 18.8. The van der Waals surface area contributed by atoms with E-state index in [1.165, 1.54) is 14.2 Å². The number of carboxylic acids is 1. The maximum absolute atomic E-state index is 11.5. The Hall–Kier alpha value is -2.74. The van der Waals surface area contributed by atoms with Crippen molar-refractivity contribution in [2.45, 2.75) is 18.5 Å². The highest BCUT2D eigenvalue weighted by molar-refractivity contribution is 5.74. The van der Waals surface area contributed by atoms with Crippen LogP contribution in [0.25, 0.3) is 0 Å². The molecule has 1 aliphatic rings. The Morgan fingerprint density at radius 1 is 1.21 bits per heavy atom. The number of aromatic nitrogens is 2. The van der Waals surface area contributed by atoms with Crippen molar-refractivity contribution < 1.29 is 24.1 Å². The summed E-state index contributed by atoms with van der Waals surface area (Å²) in [6.07, 6.45) is 1.91. The zero-order valence-electron chi connectivity index (χ0n) is 13.6. The van der Waals surface area contributed by atoms with Crippen LogP contribution in [-0.4, -0.2) is 48.4 Å². The fourth-order valence-corrected chi connectivity index (χ4v) is 3.03. The normalized spacial score (nSPS) is 19.5. The second-order valence-electron chi connectivity index (χ2n) is 5.38. The molecule has 0 spiro atoms. The van der Waals surface area contributed by atoms with Crippen molar-refractivity contribution in [2.75, 3.05) is 21.3 Å². The van der Waals surface area contributed by atoms with Crippen LogP contribution in [0, 0.1) is 0 Å². The molecular weight excluding hydrogens is 314 g/mol. The number of benzene rings is 1. The lowest BCUT2D eigenvalue weighted by Crippen LogP contribution is -2.45. The van der Waals surface area contributed by atoms with E-state index in [9.17, 15) is 9.90 Å². The largest absolute Gasteiger partial charge is 0.493 e. The summed E-state index contributed by atoms with van der Waals surface area (Å²) in [6, 6.07) is 2.42. The van der Waals surface area contributed by atoms with Gasteiger partial charge in [0.25, 0.3) is 0 Å². The first-order valence-electron chi connectivity index (χ1n) is 7.40. The SMILES string of the molecule is COc1ccc([C@H]2N[C@H](C(=O)O)Cc3[nH]cnc32)c(OC)c1OC. The maximum atomic E-state index is 11.5. The molecule has 2 aromatic rings. The number of imidazole rings is 1. The Labute approximate surface area is 138 Å². The van der Waals surface area contributed by atoms with Crippen molar-refractivity contribution in [3.05, 3.63) is 35.4 Å². The van der Waals surface area contributed by atoms with Gasteiger partial charge in [0.15, 0.2) is 11.5 Å². The molecule has 1 aromatic heterocycles. The summed E-state index contributed by atoms with van der Waals surface area (Å²) in [5.74, 6) is 0.550. The van der Waals surface area contributed by atoms with E-state index >= 15 is 0 Å². The van der Waals surface area contributed by atoms with E-state index in [-0.39, 0.29) is 0 Å². The third kappa shape index (κ3) is 2.54. The Morgan fingerprint density at radius 3 is 2.58 bits per heavy atom. The minimum absolute atomic E-state index is 0.344. The number of aliphatic carboxylic acids is 1.